The Morgan fingerprint density at radius 2 is 2.08 bits per heavy atom. The van der Waals surface area contributed by atoms with Gasteiger partial charge in [-0.2, -0.15) is 0 Å². The molecule has 0 radical (unpaired) electrons. The van der Waals surface area contributed by atoms with Crippen molar-refractivity contribution >= 4 is 23.3 Å². The van der Waals surface area contributed by atoms with Gasteiger partial charge in [-0.15, -0.1) is 11.6 Å². The molecule has 2 unspecified atom stereocenters. The van der Waals surface area contributed by atoms with Gasteiger partial charge in [0.15, 0.2) is 0 Å². The number of carbonyl (C=O) groups is 1. The number of aliphatic hydroxyl groups excluding tert-OH is 3. The predicted molar refractivity (Wildman–Crippen MR) is 90.8 cm³/mol. The minimum Gasteiger partial charge on any atom is -0.491 e. The topological polar surface area (TPSA) is 108 Å². The Morgan fingerprint density at radius 1 is 1.33 bits per heavy atom. The first kappa shape index (κ1) is 20.5. The summed E-state index contributed by atoms with van der Waals surface area (Å²) in [6, 6.07) is 4.71. The lowest BCUT2D eigenvalue weighted by atomic mass is 10.1. The molecule has 0 aliphatic rings. The number of nitrogens with one attached hydrogen (secondary N) is 1. The van der Waals surface area contributed by atoms with Crippen LogP contribution >= 0.6 is 11.6 Å². The number of anilines is 1. The monoisotopic (exact) mass is 361 g/mol. The van der Waals surface area contributed by atoms with Gasteiger partial charge in [0.05, 0.1) is 36.4 Å². The molecule has 0 bridgehead atoms. The van der Waals surface area contributed by atoms with E-state index in [2.05, 4.69) is 5.32 Å². The summed E-state index contributed by atoms with van der Waals surface area (Å²) in [5.41, 5.74) is 0.789. The summed E-state index contributed by atoms with van der Waals surface area (Å²) < 4.78 is 10.5. The van der Waals surface area contributed by atoms with Crippen molar-refractivity contribution in [2.75, 3.05) is 37.6 Å². The first-order valence-corrected chi connectivity index (χ1v) is 8.26. The van der Waals surface area contributed by atoms with Crippen molar-refractivity contribution in [1.82, 2.24) is 0 Å². The smallest absolute Gasteiger partial charge is 0.338 e. The molecule has 0 spiro atoms. The third kappa shape index (κ3) is 6.92. The van der Waals surface area contributed by atoms with Gasteiger partial charge in [0.2, 0.25) is 0 Å². The molecule has 24 heavy (non-hydrogen) atoms. The first-order chi connectivity index (χ1) is 11.5. The Hall–Kier alpha value is -1.54. The lowest BCUT2D eigenvalue weighted by molar-refractivity contribution is 0.00933. The molecule has 136 valence electrons. The van der Waals surface area contributed by atoms with Gasteiger partial charge in [0.1, 0.15) is 18.5 Å². The normalized spacial score (nSPS) is 13.2. The van der Waals surface area contributed by atoms with E-state index in [1.165, 1.54) is 0 Å². The van der Waals surface area contributed by atoms with Gasteiger partial charge < -0.3 is 30.1 Å². The molecule has 0 aliphatic heterocycles. The molecule has 1 rings (SSSR count). The Kier molecular flexibility index (Phi) is 9.48. The number of hydrogen-bond donors (Lipinski definition) is 4. The molecule has 7 nitrogen and oxygen atoms in total. The van der Waals surface area contributed by atoms with E-state index in [0.29, 0.717) is 18.0 Å². The zero-order chi connectivity index (χ0) is 17.9. The van der Waals surface area contributed by atoms with E-state index in [4.69, 9.17) is 26.2 Å². The summed E-state index contributed by atoms with van der Waals surface area (Å²) in [6.45, 7) is 1.91. The fourth-order valence-corrected chi connectivity index (χ4v) is 1.83. The second kappa shape index (κ2) is 11.1. The van der Waals surface area contributed by atoms with E-state index in [-0.39, 0.29) is 24.6 Å². The number of alkyl halides is 1. The van der Waals surface area contributed by atoms with E-state index in [0.717, 1.165) is 6.42 Å². The Balaban J connectivity index is 2.84. The van der Waals surface area contributed by atoms with Crippen LogP contribution in [0, 0.1) is 0 Å². The molecule has 0 heterocycles. The zero-order valence-electron chi connectivity index (χ0n) is 13.6. The van der Waals surface area contributed by atoms with Crippen LogP contribution in [0.1, 0.15) is 23.7 Å². The second-order valence-corrected chi connectivity index (χ2v) is 5.49. The molecule has 0 amide bonds. The molecule has 0 saturated carbocycles. The molecule has 1 aromatic rings. The number of carbonyl (C=O) groups excluding carboxylic acids is 1. The van der Waals surface area contributed by atoms with Crippen LogP contribution in [0.4, 0.5) is 5.69 Å². The maximum absolute atomic E-state index is 12.0. The molecule has 4 N–H and O–H groups in total. The van der Waals surface area contributed by atoms with Crippen molar-refractivity contribution in [2.24, 2.45) is 0 Å². The van der Waals surface area contributed by atoms with Gasteiger partial charge in [0, 0.05) is 6.54 Å². The Labute approximate surface area is 146 Å². The highest BCUT2D eigenvalue weighted by atomic mass is 35.5. The average molecular weight is 362 g/mol. The van der Waals surface area contributed by atoms with Crippen molar-refractivity contribution in [3.05, 3.63) is 23.8 Å². The lowest BCUT2D eigenvalue weighted by Gasteiger charge is -2.16. The van der Waals surface area contributed by atoms with Crippen molar-refractivity contribution in [1.29, 1.82) is 0 Å². The molecule has 8 heteroatoms. The molecule has 0 fully saturated rings. The van der Waals surface area contributed by atoms with Crippen LogP contribution in [-0.2, 0) is 4.74 Å². The van der Waals surface area contributed by atoms with Crippen LogP contribution in [-0.4, -0.2) is 65.7 Å². The number of benzene rings is 1. The Morgan fingerprint density at radius 3 is 2.71 bits per heavy atom. The second-order valence-electron chi connectivity index (χ2n) is 5.18. The van der Waals surface area contributed by atoms with E-state index < -0.39 is 24.8 Å². The Bertz CT molecular complexity index is 513. The van der Waals surface area contributed by atoms with Gasteiger partial charge in [0.25, 0.3) is 0 Å². The average Bonchev–Trinajstić information content (AvgIpc) is 2.62. The molecular weight excluding hydrogens is 338 g/mol. The summed E-state index contributed by atoms with van der Waals surface area (Å²) >= 11 is 5.57. The van der Waals surface area contributed by atoms with Gasteiger partial charge in [-0.3, -0.25) is 0 Å². The van der Waals surface area contributed by atoms with Crippen LogP contribution in [0.2, 0.25) is 0 Å². The highest BCUT2D eigenvalue weighted by molar-refractivity contribution is 6.18. The molecule has 0 aliphatic carbocycles. The van der Waals surface area contributed by atoms with E-state index in [1.54, 1.807) is 18.2 Å². The number of halogens is 1. The maximum atomic E-state index is 12.0. The number of ether oxygens (including phenoxy) is 2. The predicted octanol–water partition coefficient (Wildman–Crippen LogP) is 0.997. The summed E-state index contributed by atoms with van der Waals surface area (Å²) in [4.78, 5) is 12.0. The first-order valence-electron chi connectivity index (χ1n) is 7.72. The zero-order valence-corrected chi connectivity index (χ0v) is 14.3. The van der Waals surface area contributed by atoms with Crippen LogP contribution in [0.15, 0.2) is 18.2 Å². The van der Waals surface area contributed by atoms with Crippen molar-refractivity contribution in [3.8, 4) is 5.75 Å². The molecule has 2 atom stereocenters. The van der Waals surface area contributed by atoms with Gasteiger partial charge in [-0.05, 0) is 24.6 Å². The number of aliphatic hydroxyl groups is 3. The van der Waals surface area contributed by atoms with Crippen molar-refractivity contribution in [3.63, 3.8) is 0 Å². The van der Waals surface area contributed by atoms with Crippen LogP contribution in [0.3, 0.4) is 0 Å². The SMILES string of the molecule is CCCOc1ccc(C(=O)OCC(O)CO)cc1NCC(O)CCl. The van der Waals surface area contributed by atoms with Crippen molar-refractivity contribution in [2.45, 2.75) is 25.6 Å². The molecule has 1 aromatic carbocycles. The van der Waals surface area contributed by atoms with Gasteiger partial charge in [-0.25, -0.2) is 4.79 Å². The minimum absolute atomic E-state index is 0.0823. The van der Waals surface area contributed by atoms with E-state index in [9.17, 15) is 15.0 Å². The van der Waals surface area contributed by atoms with Crippen LogP contribution in [0.25, 0.3) is 0 Å². The van der Waals surface area contributed by atoms with Gasteiger partial charge in [-0.1, -0.05) is 6.92 Å². The number of rotatable bonds is 11. The third-order valence-electron chi connectivity index (χ3n) is 3.00. The minimum atomic E-state index is -1.11. The summed E-state index contributed by atoms with van der Waals surface area (Å²) in [7, 11) is 0. The lowest BCUT2D eigenvalue weighted by Crippen LogP contribution is -2.22. The fraction of sp³-hybridized carbons (Fsp3) is 0.562. The van der Waals surface area contributed by atoms with Crippen molar-refractivity contribution < 1.29 is 29.6 Å². The summed E-state index contributed by atoms with van der Waals surface area (Å²) in [5.74, 6) is -0.00472. The summed E-state index contributed by atoms with van der Waals surface area (Å²) in [5, 5.41) is 30.5. The van der Waals surface area contributed by atoms with E-state index in [1.807, 2.05) is 6.92 Å². The van der Waals surface area contributed by atoms with Crippen LogP contribution in [0.5, 0.6) is 5.75 Å². The standard InChI is InChI=1S/C16H24ClNO6/c1-2-5-23-15-4-3-11(16(22)24-10-13(21)9-19)6-14(15)18-8-12(20)7-17/h3-4,6,12-13,18-21H,2,5,7-10H2,1H3. The highest BCUT2D eigenvalue weighted by Crippen LogP contribution is 2.26. The van der Waals surface area contributed by atoms with E-state index >= 15 is 0 Å². The third-order valence-corrected chi connectivity index (χ3v) is 3.36. The van der Waals surface area contributed by atoms with Gasteiger partial charge >= 0.3 is 5.97 Å². The number of hydrogen-bond acceptors (Lipinski definition) is 7. The highest BCUT2D eigenvalue weighted by Gasteiger charge is 2.14. The number of esters is 1. The molecule has 0 aromatic heterocycles. The fourth-order valence-electron chi connectivity index (χ4n) is 1.72. The summed E-state index contributed by atoms with van der Waals surface area (Å²) in [6.07, 6.45) is -1.02. The molecule has 0 saturated heterocycles. The molecular formula is C16H24ClNO6. The van der Waals surface area contributed by atoms with Crippen LogP contribution < -0.4 is 10.1 Å². The largest absolute Gasteiger partial charge is 0.491 e. The maximum Gasteiger partial charge on any atom is 0.338 e. The quantitative estimate of drug-likeness (QED) is 0.344.